The van der Waals surface area contributed by atoms with E-state index in [2.05, 4.69) is 39.0 Å². The van der Waals surface area contributed by atoms with Gasteiger partial charge >= 0.3 is 0 Å². The number of nitrogens with zero attached hydrogens (tertiary/aromatic N) is 1. The van der Waals surface area contributed by atoms with Crippen LogP contribution in [0.5, 0.6) is 0 Å². The van der Waals surface area contributed by atoms with E-state index in [1.807, 2.05) is 6.92 Å². The number of fused-ring (bicyclic) bond motifs is 1. The summed E-state index contributed by atoms with van der Waals surface area (Å²) in [5, 5.41) is 9.66. The molecule has 3 atom stereocenters. The third kappa shape index (κ3) is 2.55. The average molecular weight is 324 g/mol. The van der Waals surface area contributed by atoms with Crippen LogP contribution >= 0.6 is 15.9 Å². The molecule has 2 fully saturated rings. The summed E-state index contributed by atoms with van der Waals surface area (Å²) < 4.78 is 1.12. The van der Waals surface area contributed by atoms with Gasteiger partial charge in [-0.25, -0.2) is 0 Å². The van der Waals surface area contributed by atoms with E-state index >= 15 is 0 Å². The van der Waals surface area contributed by atoms with Crippen LogP contribution in [0.25, 0.3) is 0 Å². The first kappa shape index (κ1) is 13.4. The van der Waals surface area contributed by atoms with E-state index in [1.54, 1.807) is 0 Å². The van der Waals surface area contributed by atoms with Gasteiger partial charge in [-0.1, -0.05) is 18.9 Å². The predicted octanol–water partition coefficient (Wildman–Crippen LogP) is 4.27. The lowest BCUT2D eigenvalue weighted by molar-refractivity contribution is 0.199. The molecule has 1 heterocycles. The quantitative estimate of drug-likeness (QED) is 0.878. The molecule has 1 aliphatic heterocycles. The molecule has 0 bridgehead atoms. The molecule has 19 heavy (non-hydrogen) atoms. The molecular formula is C16H22BrNO. The van der Waals surface area contributed by atoms with Crippen molar-refractivity contribution in [2.75, 3.05) is 11.4 Å². The second kappa shape index (κ2) is 5.45. The van der Waals surface area contributed by atoms with Crippen molar-refractivity contribution in [3.63, 3.8) is 0 Å². The number of halogens is 1. The fraction of sp³-hybridized carbons (Fsp3) is 0.625. The fourth-order valence-electron chi connectivity index (χ4n) is 3.72. The lowest BCUT2D eigenvalue weighted by Crippen LogP contribution is -2.34. The highest BCUT2D eigenvalue weighted by molar-refractivity contribution is 9.10. The summed E-state index contributed by atoms with van der Waals surface area (Å²) in [6, 6.07) is 7.03. The van der Waals surface area contributed by atoms with Crippen LogP contribution in [0, 0.1) is 5.92 Å². The number of hydrogen-bond donors (Lipinski definition) is 1. The minimum absolute atomic E-state index is 0.397. The lowest BCUT2D eigenvalue weighted by atomic mass is 9.85. The molecule has 1 aliphatic carbocycles. The second-order valence-corrected chi connectivity index (χ2v) is 6.84. The summed E-state index contributed by atoms with van der Waals surface area (Å²) in [5.41, 5.74) is 2.29. The molecule has 104 valence electrons. The van der Waals surface area contributed by atoms with Gasteiger partial charge in [-0.15, -0.1) is 0 Å². The number of anilines is 1. The third-order valence-electron chi connectivity index (χ3n) is 4.77. The fourth-order valence-corrected chi connectivity index (χ4v) is 4.35. The molecule has 3 rings (SSSR count). The number of aliphatic hydroxyl groups is 1. The zero-order valence-corrected chi connectivity index (χ0v) is 13.1. The van der Waals surface area contributed by atoms with Gasteiger partial charge in [-0.3, -0.25) is 0 Å². The van der Waals surface area contributed by atoms with Crippen LogP contribution in [-0.4, -0.2) is 17.7 Å². The average Bonchev–Trinajstić information content (AvgIpc) is 2.82. The maximum atomic E-state index is 9.66. The van der Waals surface area contributed by atoms with E-state index in [9.17, 15) is 5.11 Å². The zero-order valence-electron chi connectivity index (χ0n) is 11.5. The maximum absolute atomic E-state index is 9.66. The minimum atomic E-state index is -0.397. The highest BCUT2D eigenvalue weighted by atomic mass is 79.9. The Balaban J connectivity index is 1.86. The number of rotatable bonds is 2. The summed E-state index contributed by atoms with van der Waals surface area (Å²) >= 11 is 3.69. The molecule has 0 aromatic heterocycles. The van der Waals surface area contributed by atoms with Gasteiger partial charge < -0.3 is 10.0 Å². The van der Waals surface area contributed by atoms with Crippen LogP contribution in [-0.2, 0) is 0 Å². The van der Waals surface area contributed by atoms with Crippen molar-refractivity contribution in [2.45, 2.75) is 51.2 Å². The molecule has 3 heteroatoms. The standard InChI is InChI=1S/C16H22BrNO/c1-11(19)13-6-7-16(14(17)10-13)18-9-8-12-4-2-3-5-15(12)18/h6-7,10-12,15,19H,2-5,8-9H2,1H3/t11-,12?,15?/m0/s1. The van der Waals surface area contributed by atoms with E-state index in [1.165, 1.54) is 44.3 Å². The molecule has 1 aromatic carbocycles. The van der Waals surface area contributed by atoms with Crippen molar-refractivity contribution < 1.29 is 5.11 Å². The SMILES string of the molecule is C[C@H](O)c1ccc(N2CCC3CCCCC32)c(Br)c1. The van der Waals surface area contributed by atoms with Gasteiger partial charge in [0.2, 0.25) is 0 Å². The molecule has 0 amide bonds. The Bertz CT molecular complexity index is 460. The Morgan fingerprint density at radius 2 is 2.05 bits per heavy atom. The number of benzene rings is 1. The molecule has 0 radical (unpaired) electrons. The third-order valence-corrected chi connectivity index (χ3v) is 5.41. The van der Waals surface area contributed by atoms with Crippen LogP contribution in [0.2, 0.25) is 0 Å². The molecule has 1 aromatic rings. The molecular weight excluding hydrogens is 302 g/mol. The van der Waals surface area contributed by atoms with Crippen LogP contribution in [0.15, 0.2) is 22.7 Å². The Labute approximate surface area is 123 Å². The monoisotopic (exact) mass is 323 g/mol. The smallest absolute Gasteiger partial charge is 0.0762 e. The zero-order chi connectivity index (χ0) is 13.4. The van der Waals surface area contributed by atoms with Gasteiger partial charge in [-0.2, -0.15) is 0 Å². The first-order valence-corrected chi connectivity index (χ1v) is 8.20. The largest absolute Gasteiger partial charge is 0.389 e. The summed E-state index contributed by atoms with van der Waals surface area (Å²) in [4.78, 5) is 2.58. The highest BCUT2D eigenvalue weighted by Crippen LogP contribution is 2.41. The summed E-state index contributed by atoms with van der Waals surface area (Å²) in [6.07, 6.45) is 6.49. The van der Waals surface area contributed by atoms with Crippen molar-refractivity contribution in [2.24, 2.45) is 5.92 Å². The van der Waals surface area contributed by atoms with Gasteiger partial charge in [0.15, 0.2) is 0 Å². The van der Waals surface area contributed by atoms with E-state index < -0.39 is 6.10 Å². The summed E-state index contributed by atoms with van der Waals surface area (Å²) in [5.74, 6) is 0.900. The molecule has 2 unspecified atom stereocenters. The van der Waals surface area contributed by atoms with Crippen molar-refractivity contribution in [1.29, 1.82) is 0 Å². The van der Waals surface area contributed by atoms with Crippen molar-refractivity contribution >= 4 is 21.6 Å². The van der Waals surface area contributed by atoms with Crippen molar-refractivity contribution in [3.8, 4) is 0 Å². The summed E-state index contributed by atoms with van der Waals surface area (Å²) in [6.45, 7) is 3.00. The Morgan fingerprint density at radius 3 is 2.79 bits per heavy atom. The Hall–Kier alpha value is -0.540. The minimum Gasteiger partial charge on any atom is -0.389 e. The molecule has 1 saturated carbocycles. The van der Waals surface area contributed by atoms with E-state index in [-0.39, 0.29) is 0 Å². The highest BCUT2D eigenvalue weighted by Gasteiger charge is 2.36. The van der Waals surface area contributed by atoms with Crippen LogP contribution in [0.3, 0.4) is 0 Å². The van der Waals surface area contributed by atoms with Crippen molar-refractivity contribution in [3.05, 3.63) is 28.2 Å². The van der Waals surface area contributed by atoms with E-state index in [0.717, 1.165) is 22.0 Å². The molecule has 1 N–H and O–H groups in total. The van der Waals surface area contributed by atoms with Gasteiger partial charge in [0, 0.05) is 17.1 Å². The normalized spacial score (nSPS) is 28.3. The van der Waals surface area contributed by atoms with Gasteiger partial charge in [-0.05, 0) is 65.7 Å². The lowest BCUT2D eigenvalue weighted by Gasteiger charge is -2.34. The number of hydrogen-bond acceptors (Lipinski definition) is 2. The topological polar surface area (TPSA) is 23.5 Å². The molecule has 0 spiro atoms. The van der Waals surface area contributed by atoms with Crippen molar-refractivity contribution in [1.82, 2.24) is 0 Å². The van der Waals surface area contributed by atoms with Gasteiger partial charge in [0.1, 0.15) is 0 Å². The summed E-state index contributed by atoms with van der Waals surface area (Å²) in [7, 11) is 0. The van der Waals surface area contributed by atoms with Gasteiger partial charge in [0.05, 0.1) is 11.8 Å². The first-order chi connectivity index (χ1) is 9.16. The van der Waals surface area contributed by atoms with Crippen LogP contribution in [0.4, 0.5) is 5.69 Å². The second-order valence-electron chi connectivity index (χ2n) is 5.98. The Morgan fingerprint density at radius 1 is 1.26 bits per heavy atom. The van der Waals surface area contributed by atoms with Gasteiger partial charge in [0.25, 0.3) is 0 Å². The van der Waals surface area contributed by atoms with Crippen LogP contribution < -0.4 is 4.90 Å². The maximum Gasteiger partial charge on any atom is 0.0762 e. The van der Waals surface area contributed by atoms with E-state index in [4.69, 9.17) is 0 Å². The molecule has 1 saturated heterocycles. The molecule has 2 nitrogen and oxygen atoms in total. The van der Waals surface area contributed by atoms with Crippen LogP contribution in [0.1, 0.15) is 50.7 Å². The Kier molecular flexibility index (Phi) is 3.86. The predicted molar refractivity (Wildman–Crippen MR) is 82.5 cm³/mol. The number of aliphatic hydroxyl groups excluding tert-OH is 1. The van der Waals surface area contributed by atoms with E-state index in [0.29, 0.717) is 0 Å². The molecule has 2 aliphatic rings. The first-order valence-electron chi connectivity index (χ1n) is 7.41.